The molecule has 0 rings (SSSR count). The Bertz CT molecular complexity index is 587. The third-order valence-electron chi connectivity index (χ3n) is 5.38. The summed E-state index contributed by atoms with van der Waals surface area (Å²) in [5.74, 6) is -39.2. The molecule has 2 atom stereocenters. The molecule has 0 aromatic heterocycles. The van der Waals surface area contributed by atoms with Crippen LogP contribution in [0.5, 0.6) is 0 Å². The Morgan fingerprint density at radius 3 is 1.33 bits per heavy atom. The summed E-state index contributed by atoms with van der Waals surface area (Å²) in [6.45, 7) is 2.84. The first-order chi connectivity index (χ1) is 14.7. The quantitative estimate of drug-likeness (QED) is 0.0734. The normalized spacial score (nSPS) is 16.7. The first-order valence-corrected chi connectivity index (χ1v) is 11.5. The lowest BCUT2D eigenvalue weighted by atomic mass is 9.83. The monoisotopic (exact) mass is 628 g/mol. The van der Waals surface area contributed by atoms with Gasteiger partial charge >= 0.3 is 35.8 Å². The van der Waals surface area contributed by atoms with E-state index in [0.717, 1.165) is 32.6 Å². The van der Waals surface area contributed by atoms with Gasteiger partial charge < -0.3 is 0 Å². The van der Waals surface area contributed by atoms with E-state index in [1.165, 1.54) is 22.6 Å². The van der Waals surface area contributed by atoms with Crippen LogP contribution in [0.4, 0.5) is 57.1 Å². The molecule has 14 heteroatoms. The molecule has 0 N–H and O–H groups in total. The van der Waals surface area contributed by atoms with Crippen LogP contribution in [0.1, 0.15) is 71.6 Å². The second-order valence-corrected chi connectivity index (χ2v) is 9.46. The van der Waals surface area contributed by atoms with Crippen LogP contribution >= 0.6 is 22.6 Å². The van der Waals surface area contributed by atoms with E-state index in [-0.39, 0.29) is 12.8 Å². The van der Waals surface area contributed by atoms with Crippen LogP contribution in [-0.4, -0.2) is 39.7 Å². The topological polar surface area (TPSA) is 0 Å². The number of halogens is 14. The zero-order valence-electron chi connectivity index (χ0n) is 17.8. The molecule has 2 unspecified atom stereocenters. The van der Waals surface area contributed by atoms with Crippen LogP contribution in [0.25, 0.3) is 0 Å². The van der Waals surface area contributed by atoms with Gasteiger partial charge in [-0.25, -0.2) is 0 Å². The van der Waals surface area contributed by atoms with Gasteiger partial charge in [-0.3, -0.25) is 0 Å². The Balaban J connectivity index is 5.69. The fourth-order valence-electron chi connectivity index (χ4n) is 3.25. The van der Waals surface area contributed by atoms with Gasteiger partial charge in [-0.05, 0) is 12.8 Å². The predicted molar refractivity (Wildman–Crippen MR) is 105 cm³/mol. The van der Waals surface area contributed by atoms with Crippen molar-refractivity contribution in [1.82, 2.24) is 0 Å². The van der Waals surface area contributed by atoms with Crippen LogP contribution < -0.4 is 0 Å². The van der Waals surface area contributed by atoms with Gasteiger partial charge in [0.1, 0.15) is 0 Å². The molecule has 33 heavy (non-hydrogen) atoms. The highest BCUT2D eigenvalue weighted by molar-refractivity contribution is 14.1. The van der Waals surface area contributed by atoms with Gasteiger partial charge in [0.05, 0.1) is 0 Å². The van der Waals surface area contributed by atoms with E-state index in [1.807, 2.05) is 6.92 Å². The summed E-state index contributed by atoms with van der Waals surface area (Å²) in [6.07, 6.45) is -3.45. The van der Waals surface area contributed by atoms with Crippen molar-refractivity contribution in [3.05, 3.63) is 0 Å². The lowest BCUT2D eigenvalue weighted by molar-refractivity contribution is -0.443. The van der Waals surface area contributed by atoms with Crippen molar-refractivity contribution in [2.75, 3.05) is 0 Å². The number of unbranched alkanes of at least 4 members (excludes halogenated alkanes) is 6. The van der Waals surface area contributed by atoms with Crippen molar-refractivity contribution in [3.8, 4) is 0 Å². The molecule has 0 amide bonds. The highest BCUT2D eigenvalue weighted by Crippen LogP contribution is 2.62. The number of rotatable bonds is 15. The number of hydrogen-bond donors (Lipinski definition) is 0. The van der Waals surface area contributed by atoms with Crippen LogP contribution in [0, 0.1) is 5.92 Å². The smallest absolute Gasteiger partial charge is 0.199 e. The Hall–Kier alpha value is -0.180. The maximum absolute atomic E-state index is 14.4. The maximum Gasteiger partial charge on any atom is 0.460 e. The molecule has 0 aromatic rings. The molecule has 0 aromatic carbocycles. The van der Waals surface area contributed by atoms with Gasteiger partial charge in [0, 0.05) is 9.84 Å². The Morgan fingerprint density at radius 2 is 0.939 bits per heavy atom. The highest BCUT2D eigenvalue weighted by Gasteiger charge is 2.91. The van der Waals surface area contributed by atoms with Crippen LogP contribution in [0.15, 0.2) is 0 Å². The second kappa shape index (κ2) is 11.7. The molecule has 0 aliphatic rings. The molecular formula is C19H26F13I. The summed E-state index contributed by atoms with van der Waals surface area (Å²) in [5.41, 5.74) is 0. The SMILES string of the molecule is CCCCCCCCCC(I)C(CC)C(F)(F)C(F)(F)C(F)(F)C(F)(F)C(F)(F)C(F)(F)F. The lowest BCUT2D eigenvalue weighted by Crippen LogP contribution is -2.71. The number of alkyl halides is 14. The van der Waals surface area contributed by atoms with Crippen molar-refractivity contribution in [1.29, 1.82) is 0 Å². The first-order valence-electron chi connectivity index (χ1n) is 10.3. The van der Waals surface area contributed by atoms with Crippen LogP contribution in [0.2, 0.25) is 0 Å². The largest absolute Gasteiger partial charge is 0.460 e. The molecule has 200 valence electrons. The molecular weight excluding hydrogens is 602 g/mol. The van der Waals surface area contributed by atoms with Crippen LogP contribution in [0.3, 0.4) is 0 Å². The number of hydrogen-bond acceptors (Lipinski definition) is 0. The molecule has 0 spiro atoms. The van der Waals surface area contributed by atoms with Crippen molar-refractivity contribution in [3.63, 3.8) is 0 Å². The Labute approximate surface area is 197 Å². The van der Waals surface area contributed by atoms with E-state index in [2.05, 4.69) is 0 Å². The Morgan fingerprint density at radius 1 is 0.545 bits per heavy atom. The summed E-state index contributed by atoms with van der Waals surface area (Å²) < 4.78 is 172. The standard InChI is InChI=1S/C19H26F13I/c1-3-5-6-7-8-9-10-11-13(33)12(4-2)14(20,21)15(22,23)16(24,25)17(26,27)18(28,29)19(30,31)32/h12-13H,3-11H2,1-2H3. The molecule has 0 fully saturated rings. The van der Waals surface area contributed by atoms with Gasteiger partial charge in [0.25, 0.3) is 0 Å². The van der Waals surface area contributed by atoms with Crippen LogP contribution in [-0.2, 0) is 0 Å². The molecule has 0 bridgehead atoms. The fraction of sp³-hybridized carbons (Fsp3) is 1.00. The minimum atomic E-state index is -7.84. The van der Waals surface area contributed by atoms with E-state index in [4.69, 9.17) is 0 Å². The summed E-state index contributed by atoms with van der Waals surface area (Å²) in [6, 6.07) is 0. The maximum atomic E-state index is 14.4. The van der Waals surface area contributed by atoms with E-state index in [9.17, 15) is 57.1 Å². The van der Waals surface area contributed by atoms with E-state index < -0.39 is 52.1 Å². The molecule has 0 saturated heterocycles. The minimum absolute atomic E-state index is 0.195. The second-order valence-electron chi connectivity index (χ2n) is 7.86. The first kappa shape index (κ1) is 32.8. The summed E-state index contributed by atoms with van der Waals surface area (Å²) in [5, 5.41) is 0. The van der Waals surface area contributed by atoms with Crippen molar-refractivity contribution in [2.45, 2.75) is 111 Å². The summed E-state index contributed by atoms with van der Waals surface area (Å²) in [4.78, 5) is 0. The van der Waals surface area contributed by atoms with Gasteiger partial charge in [-0.15, -0.1) is 0 Å². The molecule has 0 nitrogen and oxygen atoms in total. The zero-order chi connectivity index (χ0) is 26.5. The van der Waals surface area contributed by atoms with Crippen molar-refractivity contribution in [2.24, 2.45) is 5.92 Å². The molecule has 0 saturated carbocycles. The molecule has 0 aliphatic heterocycles. The third-order valence-corrected chi connectivity index (χ3v) is 6.87. The van der Waals surface area contributed by atoms with E-state index >= 15 is 0 Å². The third kappa shape index (κ3) is 6.53. The van der Waals surface area contributed by atoms with Gasteiger partial charge in [-0.2, -0.15) is 57.1 Å². The average Bonchev–Trinajstić information content (AvgIpc) is 2.66. The molecule has 0 radical (unpaired) electrons. The fourth-order valence-corrected chi connectivity index (χ4v) is 4.65. The molecule has 0 heterocycles. The van der Waals surface area contributed by atoms with Gasteiger partial charge in [-0.1, -0.05) is 81.4 Å². The zero-order valence-corrected chi connectivity index (χ0v) is 20.0. The minimum Gasteiger partial charge on any atom is -0.199 e. The van der Waals surface area contributed by atoms with Gasteiger partial charge in [0.15, 0.2) is 0 Å². The average molecular weight is 628 g/mol. The summed E-state index contributed by atoms with van der Waals surface area (Å²) >= 11 is 1.25. The van der Waals surface area contributed by atoms with Gasteiger partial charge in [0.2, 0.25) is 0 Å². The summed E-state index contributed by atoms with van der Waals surface area (Å²) in [7, 11) is 0. The molecule has 0 aliphatic carbocycles. The lowest BCUT2D eigenvalue weighted by Gasteiger charge is -2.42. The van der Waals surface area contributed by atoms with Crippen molar-refractivity contribution < 1.29 is 57.1 Å². The highest BCUT2D eigenvalue weighted by atomic mass is 127. The van der Waals surface area contributed by atoms with Crippen molar-refractivity contribution >= 4 is 22.6 Å². The Kier molecular flexibility index (Phi) is 11.6. The van der Waals surface area contributed by atoms with E-state index in [1.54, 1.807) is 0 Å². The van der Waals surface area contributed by atoms with E-state index in [0.29, 0.717) is 12.8 Å². The predicted octanol–water partition coefficient (Wildman–Crippen LogP) is 9.70.